The minimum Gasteiger partial charge on any atom is -0.494 e. The Labute approximate surface area is 227 Å². The van der Waals surface area contributed by atoms with Gasteiger partial charge in [0.05, 0.1) is 6.61 Å². The fourth-order valence-electron chi connectivity index (χ4n) is 4.77. The number of carbonyl (C=O) groups is 1. The molecule has 198 valence electrons. The highest BCUT2D eigenvalue weighted by atomic mass is 16.5. The van der Waals surface area contributed by atoms with Crippen LogP contribution in [-0.2, 0) is 16.0 Å². The number of ether oxygens (including phenoxy) is 2. The summed E-state index contributed by atoms with van der Waals surface area (Å²) in [7, 11) is 0. The summed E-state index contributed by atoms with van der Waals surface area (Å²) in [5.41, 5.74) is 4.84. The van der Waals surface area contributed by atoms with Crippen molar-refractivity contribution in [2.45, 2.75) is 24.5 Å². The summed E-state index contributed by atoms with van der Waals surface area (Å²) in [6.45, 7) is 0.470. The van der Waals surface area contributed by atoms with Crippen LogP contribution in [0.1, 0.15) is 29.2 Å². The molecule has 1 aliphatic heterocycles. The van der Waals surface area contributed by atoms with E-state index < -0.39 is 17.6 Å². The number of hydroxylamine groups is 1. The Kier molecular flexibility index (Phi) is 8.01. The van der Waals surface area contributed by atoms with Crippen LogP contribution in [0.2, 0.25) is 0 Å². The van der Waals surface area contributed by atoms with Gasteiger partial charge in [-0.25, -0.2) is 10.5 Å². The molecular weight excluding hydrogens is 492 g/mol. The number of nitrogens with zero attached hydrogens (tertiary/aromatic N) is 1. The predicted octanol–water partition coefficient (Wildman–Crippen LogP) is 5.12. The molecule has 0 spiro atoms. The zero-order valence-electron chi connectivity index (χ0n) is 21.4. The van der Waals surface area contributed by atoms with Crippen molar-refractivity contribution in [3.8, 4) is 16.9 Å². The van der Waals surface area contributed by atoms with Crippen LogP contribution in [0.5, 0.6) is 5.75 Å². The van der Waals surface area contributed by atoms with Crippen molar-refractivity contribution in [3.05, 3.63) is 126 Å². The average Bonchev–Trinajstić information content (AvgIpc) is 3.38. The molecule has 0 unspecified atom stereocenters. The first-order valence-electron chi connectivity index (χ1n) is 12.9. The van der Waals surface area contributed by atoms with Crippen LogP contribution in [0, 0.1) is 0 Å². The number of amides is 1. The molecule has 0 bridgehead atoms. The maximum absolute atomic E-state index is 13.4. The fourth-order valence-corrected chi connectivity index (χ4v) is 4.77. The van der Waals surface area contributed by atoms with E-state index in [-0.39, 0.29) is 13.0 Å². The molecule has 0 aliphatic carbocycles. The number of aliphatic hydroxyl groups is 1. The lowest BCUT2D eigenvalue weighted by Gasteiger charge is -2.29. The quantitative estimate of drug-likeness (QED) is 0.153. The van der Waals surface area contributed by atoms with Crippen LogP contribution < -0.4 is 10.2 Å². The van der Waals surface area contributed by atoms with Gasteiger partial charge in [0.2, 0.25) is 5.90 Å². The molecule has 1 aliphatic rings. The van der Waals surface area contributed by atoms with E-state index in [9.17, 15) is 10.0 Å². The molecule has 2 atom stereocenters. The molecule has 0 fully saturated rings. The highest BCUT2D eigenvalue weighted by Gasteiger charge is 2.53. The number of aliphatic hydroxyl groups excluding tert-OH is 1. The van der Waals surface area contributed by atoms with Gasteiger partial charge in [0.15, 0.2) is 11.6 Å². The van der Waals surface area contributed by atoms with Gasteiger partial charge in [-0.3, -0.25) is 10.0 Å². The van der Waals surface area contributed by atoms with Crippen LogP contribution in [0.15, 0.2) is 114 Å². The molecule has 3 N–H and O–H groups in total. The van der Waals surface area contributed by atoms with Gasteiger partial charge >= 0.3 is 0 Å². The standard InChI is InChI=1S/C32H30N2O5/c35-20-7-21-38-28-18-16-27(17-19-28)30-33-32(31(36)34-37,22-23-8-3-1-4-9-23)29(39-30)26-14-12-25(13-15-26)24-10-5-2-6-11-24/h1-6,8-19,29,35,37H,7,20-22H2,(H,34,36)/t29-,32-/m0/s1. The molecule has 5 rings (SSSR count). The number of hydrogen-bond donors (Lipinski definition) is 3. The second-order valence-electron chi connectivity index (χ2n) is 9.38. The normalized spacial score (nSPS) is 18.2. The molecule has 0 saturated carbocycles. The van der Waals surface area contributed by atoms with E-state index in [4.69, 9.17) is 19.6 Å². The number of carbonyl (C=O) groups excluding carboxylic acids is 1. The molecule has 7 heteroatoms. The van der Waals surface area contributed by atoms with Gasteiger partial charge in [-0.2, -0.15) is 0 Å². The molecule has 0 radical (unpaired) electrons. The number of rotatable bonds is 10. The Hall–Kier alpha value is -4.46. The summed E-state index contributed by atoms with van der Waals surface area (Å²) in [4.78, 5) is 18.2. The lowest BCUT2D eigenvalue weighted by atomic mass is 9.82. The molecule has 4 aromatic carbocycles. The molecule has 7 nitrogen and oxygen atoms in total. The monoisotopic (exact) mass is 522 g/mol. The lowest BCUT2D eigenvalue weighted by Crippen LogP contribution is -2.49. The third-order valence-corrected chi connectivity index (χ3v) is 6.77. The van der Waals surface area contributed by atoms with Gasteiger partial charge in [-0.15, -0.1) is 0 Å². The summed E-state index contributed by atoms with van der Waals surface area (Å²) in [5.74, 6) is 0.304. The van der Waals surface area contributed by atoms with E-state index in [1.807, 2.05) is 103 Å². The van der Waals surface area contributed by atoms with Gasteiger partial charge in [0, 0.05) is 25.0 Å². The second-order valence-corrected chi connectivity index (χ2v) is 9.38. The van der Waals surface area contributed by atoms with Crippen LogP contribution >= 0.6 is 0 Å². The predicted molar refractivity (Wildman–Crippen MR) is 149 cm³/mol. The second kappa shape index (κ2) is 11.9. The van der Waals surface area contributed by atoms with Crippen molar-refractivity contribution < 1.29 is 24.6 Å². The van der Waals surface area contributed by atoms with Crippen molar-refractivity contribution in [2.75, 3.05) is 13.2 Å². The number of aliphatic imine (C=N–C) groups is 1. The first kappa shape index (κ1) is 26.2. The molecule has 1 heterocycles. The van der Waals surface area contributed by atoms with Gasteiger partial charge in [0.25, 0.3) is 5.91 Å². The average molecular weight is 523 g/mol. The topological polar surface area (TPSA) is 100 Å². The van der Waals surface area contributed by atoms with Gasteiger partial charge in [-0.1, -0.05) is 84.9 Å². The Morgan fingerprint density at radius 1 is 0.846 bits per heavy atom. The molecular formula is C32H30N2O5. The maximum Gasteiger partial charge on any atom is 0.275 e. The Morgan fingerprint density at radius 2 is 1.46 bits per heavy atom. The van der Waals surface area contributed by atoms with E-state index in [0.29, 0.717) is 30.2 Å². The lowest BCUT2D eigenvalue weighted by molar-refractivity contribution is -0.137. The van der Waals surface area contributed by atoms with Crippen molar-refractivity contribution in [1.29, 1.82) is 0 Å². The first-order chi connectivity index (χ1) is 19.1. The van der Waals surface area contributed by atoms with E-state index >= 15 is 0 Å². The number of hydrogen-bond acceptors (Lipinski definition) is 6. The molecule has 4 aromatic rings. The van der Waals surface area contributed by atoms with Crippen LogP contribution in [0.4, 0.5) is 0 Å². The van der Waals surface area contributed by atoms with Crippen LogP contribution in [0.25, 0.3) is 11.1 Å². The van der Waals surface area contributed by atoms with Crippen LogP contribution in [0.3, 0.4) is 0 Å². The Morgan fingerprint density at radius 3 is 2.10 bits per heavy atom. The fraction of sp³-hybridized carbons (Fsp3) is 0.188. The van der Waals surface area contributed by atoms with Gasteiger partial charge < -0.3 is 14.6 Å². The van der Waals surface area contributed by atoms with Crippen molar-refractivity contribution in [1.82, 2.24) is 5.48 Å². The minimum atomic E-state index is -1.45. The molecule has 0 saturated heterocycles. The summed E-state index contributed by atoms with van der Waals surface area (Å²) >= 11 is 0. The zero-order valence-corrected chi connectivity index (χ0v) is 21.4. The van der Waals surface area contributed by atoms with E-state index in [1.54, 1.807) is 12.1 Å². The Balaban J connectivity index is 1.52. The Bertz CT molecular complexity index is 1410. The summed E-state index contributed by atoms with van der Waals surface area (Å²) in [6, 6.07) is 34.7. The SMILES string of the molecule is O=C(NO)[C@@]1(Cc2ccccc2)N=C(c2ccc(OCCCO)cc2)O[C@H]1c1ccc(-c2ccccc2)cc1. The third-order valence-electron chi connectivity index (χ3n) is 6.77. The highest BCUT2D eigenvalue weighted by Crippen LogP contribution is 2.43. The van der Waals surface area contributed by atoms with Crippen LogP contribution in [-0.4, -0.2) is 40.9 Å². The summed E-state index contributed by atoms with van der Waals surface area (Å²) in [6.07, 6.45) is -0.0252. The first-order valence-corrected chi connectivity index (χ1v) is 12.9. The van der Waals surface area contributed by atoms with E-state index in [0.717, 1.165) is 22.3 Å². The van der Waals surface area contributed by atoms with Gasteiger partial charge in [0.1, 0.15) is 5.75 Å². The minimum absolute atomic E-state index is 0.0624. The van der Waals surface area contributed by atoms with E-state index in [1.165, 1.54) is 0 Å². The third kappa shape index (κ3) is 5.70. The number of benzene rings is 4. The number of nitrogens with one attached hydrogen (secondary N) is 1. The highest BCUT2D eigenvalue weighted by molar-refractivity contribution is 6.01. The smallest absolute Gasteiger partial charge is 0.275 e. The van der Waals surface area contributed by atoms with Crippen molar-refractivity contribution >= 4 is 11.8 Å². The van der Waals surface area contributed by atoms with Crippen molar-refractivity contribution in [2.24, 2.45) is 4.99 Å². The zero-order chi connectivity index (χ0) is 27.1. The largest absolute Gasteiger partial charge is 0.494 e. The maximum atomic E-state index is 13.4. The van der Waals surface area contributed by atoms with E-state index in [2.05, 4.69) is 0 Å². The molecule has 0 aromatic heterocycles. The van der Waals surface area contributed by atoms with Gasteiger partial charge in [-0.05, 0) is 46.5 Å². The summed E-state index contributed by atoms with van der Waals surface area (Å²) < 4.78 is 12.1. The molecule has 1 amide bonds. The molecule has 39 heavy (non-hydrogen) atoms. The van der Waals surface area contributed by atoms with Crippen molar-refractivity contribution in [3.63, 3.8) is 0 Å². The summed E-state index contributed by atoms with van der Waals surface area (Å²) in [5, 5.41) is 18.8.